The normalized spacial score (nSPS) is 10.0. The molecule has 2 aromatic rings. The molecule has 0 fully saturated rings. The molecule has 2 aromatic heterocycles. The van der Waals surface area contributed by atoms with E-state index >= 15 is 0 Å². The molecule has 0 saturated heterocycles. The molecule has 0 radical (unpaired) electrons. The molecule has 0 bridgehead atoms. The van der Waals surface area contributed by atoms with Gasteiger partial charge in [0.25, 0.3) is 11.8 Å². The van der Waals surface area contributed by atoms with Crippen LogP contribution < -0.4 is 11.1 Å². The number of thiophene rings is 2. The number of carbonyl (C=O) groups excluding carboxylic acids is 3. The molecule has 0 spiro atoms. The number of primary amides is 1. The average molecular weight is 310 g/mol. The molecule has 2 amide bonds. The van der Waals surface area contributed by atoms with Crippen molar-refractivity contribution < 1.29 is 19.1 Å². The van der Waals surface area contributed by atoms with Gasteiger partial charge in [-0.1, -0.05) is 0 Å². The van der Waals surface area contributed by atoms with Gasteiger partial charge in [-0.25, -0.2) is 4.79 Å². The van der Waals surface area contributed by atoms with Crippen molar-refractivity contribution in [2.24, 2.45) is 5.73 Å². The fraction of sp³-hybridized carbons (Fsp3) is 0.0833. The first-order chi connectivity index (χ1) is 9.58. The Bertz CT molecular complexity index is 634. The molecule has 0 saturated carbocycles. The van der Waals surface area contributed by atoms with Crippen LogP contribution >= 0.6 is 22.7 Å². The summed E-state index contributed by atoms with van der Waals surface area (Å²) in [5.41, 5.74) is 5.78. The van der Waals surface area contributed by atoms with Crippen molar-refractivity contribution in [1.29, 1.82) is 0 Å². The highest BCUT2D eigenvalue weighted by molar-refractivity contribution is 7.14. The van der Waals surface area contributed by atoms with E-state index in [-0.39, 0.29) is 5.56 Å². The Hall–Kier alpha value is -2.19. The lowest BCUT2D eigenvalue weighted by atomic mass is 10.3. The minimum atomic E-state index is -0.628. The van der Waals surface area contributed by atoms with E-state index in [1.54, 1.807) is 22.2 Å². The van der Waals surface area contributed by atoms with E-state index in [2.05, 4.69) is 5.32 Å². The van der Waals surface area contributed by atoms with Crippen molar-refractivity contribution in [3.63, 3.8) is 0 Å². The Kier molecular flexibility index (Phi) is 4.49. The first-order valence-corrected chi connectivity index (χ1v) is 7.26. The van der Waals surface area contributed by atoms with Gasteiger partial charge in [-0.3, -0.25) is 9.59 Å². The molecular formula is C12H10N2O4S2. The van der Waals surface area contributed by atoms with Gasteiger partial charge in [0.05, 0.1) is 11.1 Å². The molecule has 8 heteroatoms. The Morgan fingerprint density at radius 1 is 1.25 bits per heavy atom. The summed E-state index contributed by atoms with van der Waals surface area (Å²) >= 11 is 2.53. The predicted octanol–water partition coefficient (Wildman–Crippen LogP) is 1.70. The van der Waals surface area contributed by atoms with Crippen LogP contribution in [0.3, 0.4) is 0 Å². The zero-order valence-corrected chi connectivity index (χ0v) is 11.8. The van der Waals surface area contributed by atoms with Crippen LogP contribution in [0.15, 0.2) is 28.3 Å². The quantitative estimate of drug-likeness (QED) is 0.821. The molecule has 0 atom stereocenters. The van der Waals surface area contributed by atoms with E-state index in [9.17, 15) is 14.4 Å². The van der Waals surface area contributed by atoms with E-state index in [1.165, 1.54) is 28.7 Å². The molecule has 0 unspecified atom stereocenters. The van der Waals surface area contributed by atoms with Crippen molar-refractivity contribution in [2.75, 3.05) is 11.9 Å². The van der Waals surface area contributed by atoms with Gasteiger partial charge in [0.1, 0.15) is 5.00 Å². The second-order valence-electron chi connectivity index (χ2n) is 3.66. The number of hydrogen-bond donors (Lipinski definition) is 2. The third-order valence-corrected chi connectivity index (χ3v) is 3.79. The first kappa shape index (κ1) is 14.2. The van der Waals surface area contributed by atoms with Crippen LogP contribution in [0.25, 0.3) is 0 Å². The van der Waals surface area contributed by atoms with Crippen LogP contribution in [0.5, 0.6) is 0 Å². The van der Waals surface area contributed by atoms with Gasteiger partial charge in [0.2, 0.25) is 0 Å². The lowest BCUT2D eigenvalue weighted by Gasteiger charge is -2.05. The molecule has 3 N–H and O–H groups in total. The maximum absolute atomic E-state index is 11.6. The summed E-state index contributed by atoms with van der Waals surface area (Å²) in [6.45, 7) is -0.426. The third-order valence-electron chi connectivity index (χ3n) is 2.27. The highest BCUT2D eigenvalue weighted by atomic mass is 32.1. The summed E-state index contributed by atoms with van der Waals surface area (Å²) in [6, 6.07) is 3.12. The maximum atomic E-state index is 11.6. The molecule has 2 rings (SSSR count). The van der Waals surface area contributed by atoms with Gasteiger partial charge in [0.15, 0.2) is 6.61 Å². The van der Waals surface area contributed by atoms with Crippen LogP contribution in [0.1, 0.15) is 20.7 Å². The molecule has 20 heavy (non-hydrogen) atoms. The molecule has 0 aromatic carbocycles. The number of amides is 2. The third kappa shape index (κ3) is 3.43. The van der Waals surface area contributed by atoms with Gasteiger partial charge in [-0.05, 0) is 22.9 Å². The number of anilines is 1. The van der Waals surface area contributed by atoms with E-state index in [1.807, 2.05) is 0 Å². The van der Waals surface area contributed by atoms with E-state index in [4.69, 9.17) is 10.5 Å². The highest BCUT2D eigenvalue weighted by Crippen LogP contribution is 2.22. The fourth-order valence-corrected chi connectivity index (χ4v) is 2.79. The predicted molar refractivity (Wildman–Crippen MR) is 76.1 cm³/mol. The zero-order chi connectivity index (χ0) is 14.5. The number of carbonyl (C=O) groups is 3. The van der Waals surface area contributed by atoms with E-state index in [0.717, 1.165) is 0 Å². The summed E-state index contributed by atoms with van der Waals surface area (Å²) in [4.78, 5) is 34.2. The van der Waals surface area contributed by atoms with Crippen LogP contribution in [-0.4, -0.2) is 24.4 Å². The second-order valence-corrected chi connectivity index (χ2v) is 5.36. The topological polar surface area (TPSA) is 98.5 Å². The SMILES string of the molecule is NC(=O)c1ccsc1NC(=O)COC(=O)c1ccsc1. The largest absolute Gasteiger partial charge is 0.452 e. The van der Waals surface area contributed by atoms with Gasteiger partial charge in [0, 0.05) is 5.38 Å². The second kappa shape index (κ2) is 6.31. The summed E-state index contributed by atoms with van der Waals surface area (Å²) in [6.07, 6.45) is 0. The van der Waals surface area contributed by atoms with Crippen LogP contribution in [0.2, 0.25) is 0 Å². The summed E-state index contributed by atoms with van der Waals surface area (Å²) in [5.74, 6) is -1.72. The summed E-state index contributed by atoms with van der Waals surface area (Å²) in [7, 11) is 0. The standard InChI is InChI=1S/C12H10N2O4S2/c13-10(16)8-2-4-20-11(8)14-9(15)5-18-12(17)7-1-3-19-6-7/h1-4,6H,5H2,(H2,13,16)(H,14,15). The number of nitrogens with two attached hydrogens (primary N) is 1. The van der Waals surface area contributed by atoms with Gasteiger partial charge >= 0.3 is 5.97 Å². The van der Waals surface area contributed by atoms with Crippen molar-refractivity contribution in [2.45, 2.75) is 0 Å². The molecular weight excluding hydrogens is 300 g/mol. The van der Waals surface area contributed by atoms with Crippen LogP contribution in [0, 0.1) is 0 Å². The minimum absolute atomic E-state index is 0.229. The molecule has 0 aliphatic rings. The van der Waals surface area contributed by atoms with Crippen molar-refractivity contribution in [3.8, 4) is 0 Å². The molecule has 104 valence electrons. The Morgan fingerprint density at radius 2 is 2.05 bits per heavy atom. The maximum Gasteiger partial charge on any atom is 0.339 e. The summed E-state index contributed by atoms with van der Waals surface area (Å²) in [5, 5.41) is 7.82. The van der Waals surface area contributed by atoms with Crippen molar-refractivity contribution in [1.82, 2.24) is 0 Å². The highest BCUT2D eigenvalue weighted by Gasteiger charge is 2.14. The van der Waals surface area contributed by atoms with E-state index in [0.29, 0.717) is 10.6 Å². The lowest BCUT2D eigenvalue weighted by Crippen LogP contribution is -2.22. The number of hydrogen-bond acceptors (Lipinski definition) is 6. The zero-order valence-electron chi connectivity index (χ0n) is 10.1. The lowest BCUT2D eigenvalue weighted by molar-refractivity contribution is -0.119. The molecule has 6 nitrogen and oxygen atoms in total. The first-order valence-electron chi connectivity index (χ1n) is 5.44. The Labute approximate surface area is 122 Å². The monoisotopic (exact) mass is 310 g/mol. The smallest absolute Gasteiger partial charge is 0.339 e. The average Bonchev–Trinajstić information content (AvgIpc) is 3.06. The van der Waals surface area contributed by atoms with Gasteiger partial charge in [-0.15, -0.1) is 11.3 Å². The van der Waals surface area contributed by atoms with Gasteiger partial charge < -0.3 is 15.8 Å². The number of rotatable bonds is 5. The van der Waals surface area contributed by atoms with E-state index < -0.39 is 24.4 Å². The van der Waals surface area contributed by atoms with Crippen LogP contribution in [-0.2, 0) is 9.53 Å². The number of ether oxygens (including phenoxy) is 1. The Balaban J connectivity index is 1.88. The van der Waals surface area contributed by atoms with Crippen molar-refractivity contribution >= 4 is 45.5 Å². The molecule has 0 aliphatic carbocycles. The summed E-state index contributed by atoms with van der Waals surface area (Å²) < 4.78 is 4.84. The number of esters is 1. The molecule has 0 aliphatic heterocycles. The van der Waals surface area contributed by atoms with Crippen LogP contribution in [0.4, 0.5) is 5.00 Å². The minimum Gasteiger partial charge on any atom is -0.452 e. The Morgan fingerprint density at radius 3 is 2.70 bits per heavy atom. The molecule has 2 heterocycles. The number of nitrogens with one attached hydrogen (secondary N) is 1. The van der Waals surface area contributed by atoms with Crippen molar-refractivity contribution in [3.05, 3.63) is 39.4 Å². The van der Waals surface area contributed by atoms with Gasteiger partial charge in [-0.2, -0.15) is 11.3 Å². The fourth-order valence-electron chi connectivity index (χ4n) is 1.36.